The van der Waals surface area contributed by atoms with Crippen LogP contribution in [0.4, 0.5) is 0 Å². The van der Waals surface area contributed by atoms with Crippen LogP contribution in [0.1, 0.15) is 49.4 Å². The van der Waals surface area contributed by atoms with Crippen molar-refractivity contribution in [3.05, 3.63) is 17.2 Å². The van der Waals surface area contributed by atoms with Crippen molar-refractivity contribution >= 4 is 5.84 Å². The molecule has 0 amide bonds. The lowest BCUT2D eigenvalue weighted by molar-refractivity contribution is 0.313. The lowest BCUT2D eigenvalue weighted by Gasteiger charge is -2.21. The molecule has 1 aliphatic rings. The molecule has 3 N–H and O–H groups in total. The normalized spacial score (nSPS) is 17.9. The summed E-state index contributed by atoms with van der Waals surface area (Å²) in [7, 11) is 0. The van der Waals surface area contributed by atoms with Crippen LogP contribution in [0.25, 0.3) is 0 Å². The molecule has 1 aromatic rings. The maximum absolute atomic E-state index is 8.86. The van der Waals surface area contributed by atoms with Crippen molar-refractivity contribution in [1.82, 2.24) is 9.55 Å². The first-order valence-corrected chi connectivity index (χ1v) is 6.23. The molecule has 1 unspecified atom stereocenters. The average Bonchev–Trinajstić information content (AvgIpc) is 2.67. The van der Waals surface area contributed by atoms with Gasteiger partial charge in [0.2, 0.25) is 0 Å². The zero-order chi connectivity index (χ0) is 12.4. The Morgan fingerprint density at radius 1 is 1.53 bits per heavy atom. The maximum Gasteiger partial charge on any atom is 0.162 e. The summed E-state index contributed by atoms with van der Waals surface area (Å²) in [5.74, 6) is 1.23. The zero-order valence-corrected chi connectivity index (χ0v) is 10.5. The molecule has 0 radical (unpaired) electrons. The Hall–Kier alpha value is -1.52. The molecule has 94 valence electrons. The smallest absolute Gasteiger partial charge is 0.162 e. The lowest BCUT2D eigenvalue weighted by Crippen LogP contribution is -2.28. The molecule has 1 atom stereocenters. The van der Waals surface area contributed by atoms with Gasteiger partial charge in [0.25, 0.3) is 0 Å². The average molecular weight is 236 g/mol. The molecule has 1 aliphatic carbocycles. The number of rotatable bonds is 3. The number of oxime groups is 1. The Balaban J connectivity index is 2.46. The molecular weight excluding hydrogens is 216 g/mol. The van der Waals surface area contributed by atoms with E-state index in [1.165, 1.54) is 24.2 Å². The van der Waals surface area contributed by atoms with Gasteiger partial charge in [-0.3, -0.25) is 0 Å². The number of amidine groups is 1. The standard InChI is InChI=1S/C12H20N4O/c1-3-10(12(13)15-17)16-8(2)14-9-6-4-5-7-11(9)16/h10,17H,3-7H2,1-2H3,(H2,13,15). The Kier molecular flexibility index (Phi) is 3.36. The van der Waals surface area contributed by atoms with E-state index >= 15 is 0 Å². The van der Waals surface area contributed by atoms with Crippen LogP contribution < -0.4 is 5.73 Å². The monoisotopic (exact) mass is 236 g/mol. The molecule has 0 fully saturated rings. The third-order valence-electron chi connectivity index (χ3n) is 3.50. The molecule has 0 bridgehead atoms. The fourth-order valence-corrected chi connectivity index (χ4v) is 2.70. The summed E-state index contributed by atoms with van der Waals surface area (Å²) in [6.45, 7) is 4.03. The second-order valence-electron chi connectivity index (χ2n) is 4.58. The summed E-state index contributed by atoms with van der Waals surface area (Å²) < 4.78 is 2.14. The van der Waals surface area contributed by atoms with Crippen molar-refractivity contribution in [2.75, 3.05) is 0 Å². The van der Waals surface area contributed by atoms with Crippen LogP contribution in [0.2, 0.25) is 0 Å². The highest BCUT2D eigenvalue weighted by Crippen LogP contribution is 2.26. The van der Waals surface area contributed by atoms with Crippen LogP contribution >= 0.6 is 0 Å². The van der Waals surface area contributed by atoms with Gasteiger partial charge in [0.15, 0.2) is 5.84 Å². The Labute approximate surface area is 101 Å². The summed E-state index contributed by atoms with van der Waals surface area (Å²) >= 11 is 0. The lowest BCUT2D eigenvalue weighted by atomic mass is 10.0. The maximum atomic E-state index is 8.86. The van der Waals surface area contributed by atoms with E-state index in [0.717, 1.165) is 25.1 Å². The first-order chi connectivity index (χ1) is 8.19. The van der Waals surface area contributed by atoms with Crippen molar-refractivity contribution in [3.8, 4) is 0 Å². The van der Waals surface area contributed by atoms with E-state index in [1.54, 1.807) is 0 Å². The van der Waals surface area contributed by atoms with E-state index in [2.05, 4.69) is 14.7 Å². The molecule has 0 saturated carbocycles. The van der Waals surface area contributed by atoms with Crippen LogP contribution in [-0.4, -0.2) is 20.6 Å². The quantitative estimate of drug-likeness (QED) is 0.363. The fraction of sp³-hybridized carbons (Fsp3) is 0.667. The predicted octanol–water partition coefficient (Wildman–Crippen LogP) is 1.77. The molecule has 0 saturated heterocycles. The topological polar surface area (TPSA) is 76.4 Å². The van der Waals surface area contributed by atoms with Crippen molar-refractivity contribution in [3.63, 3.8) is 0 Å². The first kappa shape index (κ1) is 12.0. The van der Waals surface area contributed by atoms with E-state index in [-0.39, 0.29) is 11.9 Å². The molecule has 5 heteroatoms. The second kappa shape index (κ2) is 4.77. The van der Waals surface area contributed by atoms with Crippen molar-refractivity contribution in [2.24, 2.45) is 10.9 Å². The highest BCUT2D eigenvalue weighted by atomic mass is 16.4. The SMILES string of the molecule is CCC(C(N)=NO)n1c(C)nc2c1CCCC2. The van der Waals surface area contributed by atoms with Gasteiger partial charge >= 0.3 is 0 Å². The molecule has 1 aromatic heterocycles. The third-order valence-corrected chi connectivity index (χ3v) is 3.50. The second-order valence-corrected chi connectivity index (χ2v) is 4.58. The third kappa shape index (κ3) is 2.01. The van der Waals surface area contributed by atoms with Gasteiger partial charge in [-0.2, -0.15) is 0 Å². The van der Waals surface area contributed by atoms with Crippen LogP contribution in [0, 0.1) is 6.92 Å². The van der Waals surface area contributed by atoms with E-state index in [1.807, 2.05) is 13.8 Å². The highest BCUT2D eigenvalue weighted by molar-refractivity contribution is 5.84. The summed E-state index contributed by atoms with van der Waals surface area (Å²) in [5, 5.41) is 12.0. The van der Waals surface area contributed by atoms with Crippen LogP contribution in [0.3, 0.4) is 0 Å². The number of nitrogens with zero attached hydrogens (tertiary/aromatic N) is 3. The number of fused-ring (bicyclic) bond motifs is 1. The summed E-state index contributed by atoms with van der Waals surface area (Å²) in [6.07, 6.45) is 5.31. The van der Waals surface area contributed by atoms with Crippen LogP contribution in [0.15, 0.2) is 5.16 Å². The molecule has 0 spiro atoms. The molecule has 0 aromatic carbocycles. The zero-order valence-electron chi connectivity index (χ0n) is 10.5. The molecule has 0 aliphatic heterocycles. The minimum Gasteiger partial charge on any atom is -0.409 e. The number of imidazole rings is 1. The van der Waals surface area contributed by atoms with Gasteiger partial charge in [-0.1, -0.05) is 12.1 Å². The van der Waals surface area contributed by atoms with Gasteiger partial charge in [0, 0.05) is 5.69 Å². The van der Waals surface area contributed by atoms with E-state index < -0.39 is 0 Å². The summed E-state index contributed by atoms with van der Waals surface area (Å²) in [6, 6.07) is -0.0747. The molecule has 1 heterocycles. The van der Waals surface area contributed by atoms with E-state index in [0.29, 0.717) is 0 Å². The van der Waals surface area contributed by atoms with E-state index in [4.69, 9.17) is 10.9 Å². The van der Waals surface area contributed by atoms with Crippen molar-refractivity contribution < 1.29 is 5.21 Å². The summed E-state index contributed by atoms with van der Waals surface area (Å²) in [4.78, 5) is 4.61. The number of aromatic nitrogens is 2. The predicted molar refractivity (Wildman–Crippen MR) is 66.3 cm³/mol. The summed E-state index contributed by atoms with van der Waals surface area (Å²) in [5.41, 5.74) is 8.24. The minimum absolute atomic E-state index is 0.0747. The van der Waals surface area contributed by atoms with Gasteiger partial charge in [0.1, 0.15) is 5.82 Å². The highest BCUT2D eigenvalue weighted by Gasteiger charge is 2.24. The number of nitrogens with two attached hydrogens (primary N) is 1. The van der Waals surface area contributed by atoms with Gasteiger partial charge in [0.05, 0.1) is 11.7 Å². The van der Waals surface area contributed by atoms with Crippen LogP contribution in [0.5, 0.6) is 0 Å². The largest absolute Gasteiger partial charge is 0.409 e. The van der Waals surface area contributed by atoms with Crippen molar-refractivity contribution in [1.29, 1.82) is 0 Å². The van der Waals surface area contributed by atoms with Gasteiger partial charge in [-0.05, 0) is 39.0 Å². The minimum atomic E-state index is -0.0747. The fourth-order valence-electron chi connectivity index (χ4n) is 2.70. The molecular formula is C12H20N4O. The van der Waals surface area contributed by atoms with E-state index in [9.17, 15) is 0 Å². The van der Waals surface area contributed by atoms with Crippen molar-refractivity contribution in [2.45, 2.75) is 52.0 Å². The Morgan fingerprint density at radius 3 is 2.88 bits per heavy atom. The first-order valence-electron chi connectivity index (χ1n) is 6.23. The Bertz CT molecular complexity index is 436. The molecule has 2 rings (SSSR count). The molecule has 17 heavy (non-hydrogen) atoms. The van der Waals surface area contributed by atoms with Gasteiger partial charge < -0.3 is 15.5 Å². The number of hydrogen-bond donors (Lipinski definition) is 2. The molecule has 5 nitrogen and oxygen atoms in total. The van der Waals surface area contributed by atoms with Crippen LogP contribution in [-0.2, 0) is 12.8 Å². The number of aryl methyl sites for hydroxylation is 2. The van der Waals surface area contributed by atoms with Gasteiger partial charge in [-0.15, -0.1) is 0 Å². The number of hydrogen-bond acceptors (Lipinski definition) is 3. The Morgan fingerprint density at radius 2 is 2.24 bits per heavy atom. The van der Waals surface area contributed by atoms with Gasteiger partial charge in [-0.25, -0.2) is 4.98 Å².